The zero-order valence-electron chi connectivity index (χ0n) is 8.09. The third-order valence-corrected chi connectivity index (χ3v) is 1.58. The van der Waals surface area contributed by atoms with E-state index in [1.54, 1.807) is 0 Å². The fraction of sp³-hybridized carbons (Fsp3) is 0.714. The van der Waals surface area contributed by atoms with Crippen molar-refractivity contribution in [3.8, 4) is 0 Å². The standard InChI is InChI=1S/C7H13N5O3/c8-5(1-2-6(13)14)7(15)10-3-4-11-12-9/h5H,1-4,8H2,(H,10,15)(H,13,14)/t5-/m1/s1. The van der Waals surface area contributed by atoms with Crippen LogP contribution in [0.15, 0.2) is 5.11 Å². The Bertz CT molecular complexity index is 274. The third kappa shape index (κ3) is 7.29. The Morgan fingerprint density at radius 3 is 2.80 bits per heavy atom. The minimum atomic E-state index is -0.993. The molecule has 0 aromatic heterocycles. The van der Waals surface area contributed by atoms with Crippen LogP contribution in [0.25, 0.3) is 10.4 Å². The van der Waals surface area contributed by atoms with Gasteiger partial charge in [0.25, 0.3) is 0 Å². The van der Waals surface area contributed by atoms with Crippen LogP contribution in [0, 0.1) is 0 Å². The molecule has 15 heavy (non-hydrogen) atoms. The van der Waals surface area contributed by atoms with Crippen LogP contribution in [-0.2, 0) is 9.59 Å². The van der Waals surface area contributed by atoms with Crippen molar-refractivity contribution < 1.29 is 14.7 Å². The first-order valence-corrected chi connectivity index (χ1v) is 4.34. The Balaban J connectivity index is 3.68. The van der Waals surface area contributed by atoms with E-state index in [1.807, 2.05) is 0 Å². The molecule has 1 atom stereocenters. The zero-order valence-corrected chi connectivity index (χ0v) is 8.09. The maximum Gasteiger partial charge on any atom is 0.303 e. The number of aliphatic carboxylic acids is 1. The smallest absolute Gasteiger partial charge is 0.303 e. The van der Waals surface area contributed by atoms with Gasteiger partial charge in [0.1, 0.15) is 0 Å². The van der Waals surface area contributed by atoms with Crippen molar-refractivity contribution in [3.05, 3.63) is 10.4 Å². The normalized spacial score (nSPS) is 11.3. The lowest BCUT2D eigenvalue weighted by atomic mass is 10.1. The van der Waals surface area contributed by atoms with Crippen molar-refractivity contribution in [1.29, 1.82) is 0 Å². The zero-order chi connectivity index (χ0) is 11.7. The van der Waals surface area contributed by atoms with E-state index in [0.717, 1.165) is 0 Å². The number of nitrogens with one attached hydrogen (secondary N) is 1. The van der Waals surface area contributed by atoms with Crippen LogP contribution < -0.4 is 11.1 Å². The number of azide groups is 1. The molecule has 0 bridgehead atoms. The second-order valence-corrected chi connectivity index (χ2v) is 2.78. The van der Waals surface area contributed by atoms with Crippen LogP contribution in [0.4, 0.5) is 0 Å². The number of amides is 1. The Kier molecular flexibility index (Phi) is 6.69. The average molecular weight is 215 g/mol. The Morgan fingerprint density at radius 1 is 1.60 bits per heavy atom. The molecule has 0 heterocycles. The monoisotopic (exact) mass is 215 g/mol. The predicted octanol–water partition coefficient (Wildman–Crippen LogP) is -0.395. The molecule has 0 aliphatic rings. The number of carbonyl (C=O) groups excluding carboxylic acids is 1. The summed E-state index contributed by atoms with van der Waals surface area (Å²) in [4.78, 5) is 23.8. The number of hydrogen-bond acceptors (Lipinski definition) is 4. The van der Waals surface area contributed by atoms with Crippen LogP contribution in [0.5, 0.6) is 0 Å². The van der Waals surface area contributed by atoms with Gasteiger partial charge in [-0.1, -0.05) is 5.11 Å². The number of carboxylic acids is 1. The summed E-state index contributed by atoms with van der Waals surface area (Å²) >= 11 is 0. The van der Waals surface area contributed by atoms with Gasteiger partial charge in [0, 0.05) is 24.4 Å². The quantitative estimate of drug-likeness (QED) is 0.230. The van der Waals surface area contributed by atoms with Crippen molar-refractivity contribution in [1.82, 2.24) is 5.32 Å². The van der Waals surface area contributed by atoms with E-state index in [0.29, 0.717) is 0 Å². The van der Waals surface area contributed by atoms with Gasteiger partial charge in [-0.2, -0.15) is 0 Å². The molecule has 0 aliphatic carbocycles. The molecule has 1 amide bonds. The first-order valence-electron chi connectivity index (χ1n) is 4.34. The van der Waals surface area contributed by atoms with Gasteiger partial charge in [-0.15, -0.1) is 0 Å². The van der Waals surface area contributed by atoms with Gasteiger partial charge in [0.15, 0.2) is 0 Å². The van der Waals surface area contributed by atoms with Gasteiger partial charge in [-0.25, -0.2) is 0 Å². The van der Waals surface area contributed by atoms with Crippen LogP contribution in [0.3, 0.4) is 0 Å². The van der Waals surface area contributed by atoms with E-state index in [9.17, 15) is 9.59 Å². The summed E-state index contributed by atoms with van der Waals surface area (Å²) in [6, 6.07) is -0.841. The molecule has 0 spiro atoms. The van der Waals surface area contributed by atoms with Gasteiger partial charge >= 0.3 is 5.97 Å². The van der Waals surface area contributed by atoms with E-state index in [-0.39, 0.29) is 25.9 Å². The molecule has 84 valence electrons. The molecule has 4 N–H and O–H groups in total. The summed E-state index contributed by atoms with van der Waals surface area (Å²) in [6.45, 7) is 0.345. The molecular formula is C7H13N5O3. The molecule has 8 nitrogen and oxygen atoms in total. The molecule has 0 aliphatic heterocycles. The average Bonchev–Trinajstić information content (AvgIpc) is 2.20. The van der Waals surface area contributed by atoms with E-state index in [1.165, 1.54) is 0 Å². The van der Waals surface area contributed by atoms with E-state index in [2.05, 4.69) is 15.3 Å². The van der Waals surface area contributed by atoms with Crippen LogP contribution in [0.1, 0.15) is 12.8 Å². The van der Waals surface area contributed by atoms with Crippen molar-refractivity contribution in [2.75, 3.05) is 13.1 Å². The maximum absolute atomic E-state index is 11.2. The molecule has 0 aromatic carbocycles. The van der Waals surface area contributed by atoms with Gasteiger partial charge in [-0.3, -0.25) is 9.59 Å². The Morgan fingerprint density at radius 2 is 2.27 bits per heavy atom. The lowest BCUT2D eigenvalue weighted by Crippen LogP contribution is -2.41. The maximum atomic E-state index is 11.2. The largest absolute Gasteiger partial charge is 0.481 e. The molecule has 0 saturated heterocycles. The number of carboxylic acid groups (broad SMARTS) is 1. The van der Waals surface area contributed by atoms with Gasteiger partial charge in [-0.05, 0) is 12.0 Å². The molecule has 0 unspecified atom stereocenters. The highest BCUT2D eigenvalue weighted by Gasteiger charge is 2.13. The summed E-state index contributed by atoms with van der Waals surface area (Å²) < 4.78 is 0. The van der Waals surface area contributed by atoms with Gasteiger partial charge in [0.05, 0.1) is 6.04 Å². The summed E-state index contributed by atoms with van der Waals surface area (Å²) in [7, 11) is 0. The minimum Gasteiger partial charge on any atom is -0.481 e. The summed E-state index contributed by atoms with van der Waals surface area (Å²) in [5, 5.41) is 14.0. The lowest BCUT2D eigenvalue weighted by Gasteiger charge is -2.09. The first kappa shape index (κ1) is 13.2. The molecule has 0 rings (SSSR count). The van der Waals surface area contributed by atoms with Gasteiger partial charge in [0.2, 0.25) is 5.91 Å². The molecule has 0 radical (unpaired) electrons. The summed E-state index contributed by atoms with van der Waals surface area (Å²) in [6.07, 6.45) is -0.0619. The Labute approximate surface area is 86.1 Å². The van der Waals surface area contributed by atoms with Crippen LogP contribution in [-0.4, -0.2) is 36.1 Å². The molecule has 0 saturated carbocycles. The Hall–Kier alpha value is -1.79. The minimum absolute atomic E-state index is 0.0860. The van der Waals surface area contributed by atoms with E-state index >= 15 is 0 Å². The fourth-order valence-corrected chi connectivity index (χ4v) is 0.815. The highest BCUT2D eigenvalue weighted by molar-refractivity contribution is 5.82. The first-order chi connectivity index (χ1) is 7.07. The van der Waals surface area contributed by atoms with Gasteiger partial charge < -0.3 is 16.2 Å². The van der Waals surface area contributed by atoms with E-state index in [4.69, 9.17) is 16.4 Å². The van der Waals surface area contributed by atoms with Crippen LogP contribution in [0.2, 0.25) is 0 Å². The number of nitrogens with two attached hydrogens (primary N) is 1. The van der Waals surface area contributed by atoms with Crippen molar-refractivity contribution in [2.45, 2.75) is 18.9 Å². The third-order valence-electron chi connectivity index (χ3n) is 1.58. The number of nitrogens with zero attached hydrogens (tertiary/aromatic N) is 3. The number of rotatable bonds is 7. The number of carbonyl (C=O) groups is 2. The summed E-state index contributed by atoms with van der Waals surface area (Å²) in [5.41, 5.74) is 13.3. The highest BCUT2D eigenvalue weighted by Crippen LogP contribution is 1.94. The molecule has 0 fully saturated rings. The lowest BCUT2D eigenvalue weighted by molar-refractivity contribution is -0.137. The predicted molar refractivity (Wildman–Crippen MR) is 51.9 cm³/mol. The summed E-state index contributed by atoms with van der Waals surface area (Å²) in [5.74, 6) is -1.43. The topological polar surface area (TPSA) is 141 Å². The SMILES string of the molecule is [N-]=[N+]=NCCNC(=O)[C@H](N)CCC(=O)O. The van der Waals surface area contributed by atoms with Crippen molar-refractivity contribution in [3.63, 3.8) is 0 Å². The van der Waals surface area contributed by atoms with E-state index < -0.39 is 17.9 Å². The van der Waals surface area contributed by atoms with Crippen molar-refractivity contribution >= 4 is 11.9 Å². The second kappa shape index (κ2) is 7.60. The number of hydrogen-bond donors (Lipinski definition) is 3. The molecule has 0 aromatic rings. The highest BCUT2D eigenvalue weighted by atomic mass is 16.4. The van der Waals surface area contributed by atoms with Crippen LogP contribution >= 0.6 is 0 Å². The fourth-order valence-electron chi connectivity index (χ4n) is 0.815. The molecular weight excluding hydrogens is 202 g/mol. The molecule has 8 heteroatoms. The second-order valence-electron chi connectivity index (χ2n) is 2.78. The van der Waals surface area contributed by atoms with Crippen molar-refractivity contribution in [2.24, 2.45) is 10.8 Å².